The third-order valence-corrected chi connectivity index (χ3v) is 5.44. The Kier molecular flexibility index (Phi) is 5.01. The van der Waals surface area contributed by atoms with E-state index < -0.39 is 13.5 Å². The maximum atomic E-state index is 12.6. The highest BCUT2D eigenvalue weighted by Gasteiger charge is 2.24. The highest BCUT2D eigenvalue weighted by molar-refractivity contribution is 7.46. The fourth-order valence-electron chi connectivity index (χ4n) is 3.55. The smallest absolute Gasteiger partial charge is 0.507 e. The number of fused-ring (bicyclic) bond motifs is 1. The number of aryl methyl sites for hydroxylation is 1. The molecule has 0 atom stereocenters. The molecule has 2 heterocycles. The summed E-state index contributed by atoms with van der Waals surface area (Å²) in [7, 11) is -2.91. The second-order valence-corrected chi connectivity index (χ2v) is 8.67. The van der Waals surface area contributed by atoms with Gasteiger partial charge in [0.15, 0.2) is 5.82 Å². The molecular formula is C20H21N4O6P. The van der Waals surface area contributed by atoms with Crippen LogP contribution in [0.15, 0.2) is 47.4 Å². The Bertz CT molecular complexity index is 1390. The first-order valence-electron chi connectivity index (χ1n) is 9.40. The van der Waals surface area contributed by atoms with Crippen molar-refractivity contribution in [2.24, 2.45) is 7.05 Å². The molecule has 4 aromatic rings. The molecule has 0 bridgehead atoms. The molecule has 31 heavy (non-hydrogen) atoms. The molecule has 0 aliphatic carbocycles. The Morgan fingerprint density at radius 2 is 1.90 bits per heavy atom. The van der Waals surface area contributed by atoms with Gasteiger partial charge in [-0.25, -0.2) is 19.0 Å². The van der Waals surface area contributed by atoms with E-state index in [-0.39, 0.29) is 28.8 Å². The van der Waals surface area contributed by atoms with Crippen molar-refractivity contribution in [2.45, 2.75) is 19.8 Å². The molecule has 2 aromatic heterocycles. The Morgan fingerprint density at radius 1 is 1.16 bits per heavy atom. The van der Waals surface area contributed by atoms with Crippen LogP contribution in [0.4, 0.5) is 0 Å². The standard InChI is InChI=1S/C20H21N4O6P/c1-11(2)14-9-15(17(25)10-18(14)30-31(27,28)29)19-21-22-20(26)24(19)13-4-5-16-12(8-13)6-7-23(16)3/h4-11,25H,1-3H3,(H,22,26)(H2,27,28,29). The van der Waals surface area contributed by atoms with E-state index in [0.717, 1.165) is 17.0 Å². The van der Waals surface area contributed by atoms with Crippen LogP contribution in [0.1, 0.15) is 25.3 Å². The summed E-state index contributed by atoms with van der Waals surface area (Å²) in [5, 5.41) is 18.0. The molecule has 0 aliphatic heterocycles. The molecule has 0 saturated heterocycles. The van der Waals surface area contributed by atoms with Crippen LogP contribution in [0, 0.1) is 0 Å². The van der Waals surface area contributed by atoms with E-state index in [0.29, 0.717) is 11.3 Å². The SMILES string of the molecule is CC(C)c1cc(-c2n[nH]c(=O)n2-c2ccc3c(ccn3C)c2)c(O)cc1OP(=O)(O)O. The van der Waals surface area contributed by atoms with E-state index in [1.807, 2.05) is 49.9 Å². The summed E-state index contributed by atoms with van der Waals surface area (Å²) in [5.74, 6) is -0.517. The second-order valence-electron chi connectivity index (χ2n) is 7.50. The molecule has 0 amide bonds. The van der Waals surface area contributed by atoms with Gasteiger partial charge in [0.2, 0.25) is 0 Å². The zero-order chi connectivity index (χ0) is 22.5. The predicted octanol–water partition coefficient (Wildman–Crippen LogP) is 3.02. The van der Waals surface area contributed by atoms with Crippen molar-refractivity contribution in [3.8, 4) is 28.6 Å². The molecule has 0 unspecified atom stereocenters. The molecule has 0 radical (unpaired) electrons. The Morgan fingerprint density at radius 3 is 2.58 bits per heavy atom. The molecule has 2 aromatic carbocycles. The molecule has 10 nitrogen and oxygen atoms in total. The monoisotopic (exact) mass is 444 g/mol. The molecular weight excluding hydrogens is 423 g/mol. The summed E-state index contributed by atoms with van der Waals surface area (Å²) >= 11 is 0. The summed E-state index contributed by atoms with van der Waals surface area (Å²) in [4.78, 5) is 30.9. The lowest BCUT2D eigenvalue weighted by atomic mass is 9.98. The molecule has 4 rings (SSSR count). The number of phosphoric acid groups is 1. The van der Waals surface area contributed by atoms with Crippen LogP contribution in [0.5, 0.6) is 11.5 Å². The first-order chi connectivity index (χ1) is 14.5. The number of nitrogens with zero attached hydrogens (tertiary/aromatic N) is 3. The summed E-state index contributed by atoms with van der Waals surface area (Å²) in [6.45, 7) is 3.62. The third kappa shape index (κ3) is 3.88. The minimum absolute atomic E-state index is 0.139. The molecule has 0 saturated carbocycles. The summed E-state index contributed by atoms with van der Waals surface area (Å²) in [6, 6.07) is 10.0. The van der Waals surface area contributed by atoms with Crippen molar-refractivity contribution < 1.29 is 24.0 Å². The Balaban J connectivity index is 1.90. The minimum atomic E-state index is -4.83. The lowest BCUT2D eigenvalue weighted by Crippen LogP contribution is -2.15. The zero-order valence-corrected chi connectivity index (χ0v) is 17.9. The van der Waals surface area contributed by atoms with Gasteiger partial charge in [0, 0.05) is 30.2 Å². The van der Waals surface area contributed by atoms with E-state index in [1.54, 1.807) is 6.07 Å². The highest BCUT2D eigenvalue weighted by Crippen LogP contribution is 2.45. The summed E-state index contributed by atoms with van der Waals surface area (Å²) in [5.41, 5.74) is 1.70. The Labute approximate surface area is 176 Å². The number of hydrogen-bond donors (Lipinski definition) is 4. The van der Waals surface area contributed by atoms with Crippen molar-refractivity contribution in [2.75, 3.05) is 0 Å². The first kappa shape index (κ1) is 20.9. The topological polar surface area (TPSA) is 143 Å². The van der Waals surface area contributed by atoms with Gasteiger partial charge in [0.1, 0.15) is 11.5 Å². The van der Waals surface area contributed by atoms with Crippen LogP contribution >= 0.6 is 7.82 Å². The van der Waals surface area contributed by atoms with Crippen LogP contribution in [0.25, 0.3) is 28.0 Å². The van der Waals surface area contributed by atoms with Gasteiger partial charge < -0.3 is 14.2 Å². The lowest BCUT2D eigenvalue weighted by Gasteiger charge is -2.17. The van der Waals surface area contributed by atoms with Gasteiger partial charge in [-0.05, 0) is 41.8 Å². The van der Waals surface area contributed by atoms with Crippen molar-refractivity contribution in [3.05, 3.63) is 58.6 Å². The van der Waals surface area contributed by atoms with Crippen molar-refractivity contribution in [1.82, 2.24) is 19.3 Å². The number of benzene rings is 2. The number of phenols is 1. The molecule has 4 N–H and O–H groups in total. The molecule has 162 valence electrons. The second kappa shape index (κ2) is 7.42. The van der Waals surface area contributed by atoms with Crippen molar-refractivity contribution in [1.29, 1.82) is 0 Å². The number of phosphoric ester groups is 1. The normalized spacial score (nSPS) is 12.1. The van der Waals surface area contributed by atoms with E-state index in [1.165, 1.54) is 10.6 Å². The average molecular weight is 444 g/mol. The fourth-order valence-corrected chi connectivity index (χ4v) is 3.96. The summed E-state index contributed by atoms with van der Waals surface area (Å²) < 4.78 is 19.3. The van der Waals surface area contributed by atoms with Gasteiger partial charge in [-0.2, -0.15) is 5.10 Å². The summed E-state index contributed by atoms with van der Waals surface area (Å²) in [6.07, 6.45) is 1.91. The number of hydrogen-bond acceptors (Lipinski definition) is 5. The third-order valence-electron chi connectivity index (χ3n) is 5.01. The van der Waals surface area contributed by atoms with Gasteiger partial charge in [-0.3, -0.25) is 9.79 Å². The van der Waals surface area contributed by atoms with Crippen molar-refractivity contribution in [3.63, 3.8) is 0 Å². The number of rotatable bonds is 5. The maximum Gasteiger partial charge on any atom is 0.524 e. The van der Waals surface area contributed by atoms with Gasteiger partial charge >= 0.3 is 13.5 Å². The number of phenolic OH excluding ortho intramolecular Hbond substituents is 1. The predicted molar refractivity (Wildman–Crippen MR) is 115 cm³/mol. The molecule has 11 heteroatoms. The quantitative estimate of drug-likeness (QED) is 0.347. The number of aromatic nitrogens is 4. The minimum Gasteiger partial charge on any atom is -0.507 e. The zero-order valence-electron chi connectivity index (χ0n) is 17.0. The van der Waals surface area contributed by atoms with Gasteiger partial charge in [0.25, 0.3) is 0 Å². The van der Waals surface area contributed by atoms with Crippen LogP contribution < -0.4 is 10.2 Å². The van der Waals surface area contributed by atoms with Gasteiger partial charge in [-0.1, -0.05) is 13.8 Å². The van der Waals surface area contributed by atoms with Crippen LogP contribution in [0.2, 0.25) is 0 Å². The number of aromatic hydroxyl groups is 1. The van der Waals surface area contributed by atoms with E-state index >= 15 is 0 Å². The Hall–Kier alpha value is -3.33. The van der Waals surface area contributed by atoms with Crippen LogP contribution in [-0.4, -0.2) is 34.2 Å². The molecule has 0 spiro atoms. The first-order valence-corrected chi connectivity index (χ1v) is 10.9. The number of aromatic amines is 1. The fraction of sp³-hybridized carbons (Fsp3) is 0.200. The van der Waals surface area contributed by atoms with Gasteiger partial charge in [-0.15, -0.1) is 0 Å². The van der Waals surface area contributed by atoms with E-state index in [9.17, 15) is 24.3 Å². The largest absolute Gasteiger partial charge is 0.524 e. The van der Waals surface area contributed by atoms with Crippen LogP contribution in [-0.2, 0) is 11.6 Å². The van der Waals surface area contributed by atoms with Crippen molar-refractivity contribution >= 4 is 18.7 Å². The van der Waals surface area contributed by atoms with Crippen LogP contribution in [0.3, 0.4) is 0 Å². The van der Waals surface area contributed by atoms with E-state index in [4.69, 9.17) is 4.52 Å². The van der Waals surface area contributed by atoms with Gasteiger partial charge in [0.05, 0.1) is 11.3 Å². The molecule has 0 fully saturated rings. The number of H-pyrrole nitrogens is 1. The number of nitrogens with one attached hydrogen (secondary N) is 1. The molecule has 0 aliphatic rings. The van der Waals surface area contributed by atoms with E-state index in [2.05, 4.69) is 10.2 Å². The maximum absolute atomic E-state index is 12.6. The lowest BCUT2D eigenvalue weighted by molar-refractivity contribution is 0.281. The average Bonchev–Trinajstić information content (AvgIpc) is 3.23. The highest BCUT2D eigenvalue weighted by atomic mass is 31.2.